The molecule has 0 atom stereocenters. The number of hydrogen-bond donors (Lipinski definition) is 2. The molecule has 0 radical (unpaired) electrons. The van der Waals surface area contributed by atoms with Crippen molar-refractivity contribution in [2.75, 3.05) is 10.6 Å². The lowest BCUT2D eigenvalue weighted by Gasteiger charge is -2.11. The van der Waals surface area contributed by atoms with Crippen molar-refractivity contribution in [1.82, 2.24) is 9.97 Å². The minimum atomic E-state index is -0.480. The number of anilines is 3. The lowest BCUT2D eigenvalue weighted by atomic mass is 10.2. The lowest BCUT2D eigenvalue weighted by Crippen LogP contribution is -2.01. The second-order valence-electron chi connectivity index (χ2n) is 6.19. The molecule has 1 heterocycles. The zero-order valence-corrected chi connectivity index (χ0v) is 15.3. The van der Waals surface area contributed by atoms with Crippen LogP contribution in [0.5, 0.6) is 0 Å². The Morgan fingerprint density at radius 1 is 0.857 bits per heavy atom. The first-order chi connectivity index (χ1) is 13.6. The number of nitrogens with zero attached hydrogens (tertiary/aromatic N) is 2. The topological polar surface area (TPSA) is 49.8 Å². The number of fused-ring (bicyclic) bond motifs is 1. The van der Waals surface area contributed by atoms with Crippen molar-refractivity contribution in [2.24, 2.45) is 0 Å². The van der Waals surface area contributed by atoms with Crippen LogP contribution in [0.15, 0.2) is 67.0 Å². The Morgan fingerprint density at radius 2 is 1.64 bits per heavy atom. The summed E-state index contributed by atoms with van der Waals surface area (Å²) in [7, 11) is 0. The van der Waals surface area contributed by atoms with E-state index < -0.39 is 5.82 Å². The summed E-state index contributed by atoms with van der Waals surface area (Å²) >= 11 is 5.85. The Kier molecular flexibility index (Phi) is 5.04. The third-order valence-electron chi connectivity index (χ3n) is 4.23. The summed E-state index contributed by atoms with van der Waals surface area (Å²) in [4.78, 5) is 8.57. The van der Waals surface area contributed by atoms with Crippen LogP contribution < -0.4 is 10.6 Å². The van der Waals surface area contributed by atoms with E-state index in [0.717, 1.165) is 22.2 Å². The Bertz CT molecular complexity index is 1130. The van der Waals surface area contributed by atoms with Gasteiger partial charge >= 0.3 is 0 Å². The van der Waals surface area contributed by atoms with Crippen molar-refractivity contribution in [3.63, 3.8) is 0 Å². The normalized spacial score (nSPS) is 10.8. The Labute approximate surface area is 165 Å². The van der Waals surface area contributed by atoms with E-state index in [0.29, 0.717) is 18.1 Å². The van der Waals surface area contributed by atoms with Gasteiger partial charge in [0.15, 0.2) is 0 Å². The van der Waals surface area contributed by atoms with Gasteiger partial charge in [-0.25, -0.2) is 18.7 Å². The molecule has 0 unspecified atom stereocenters. The standard InChI is InChI=1S/C21H15ClF2N4/c22-18-10-16(5-7-19(18)24)28-21-17-9-15(6-8-20(17)26-12-27-21)25-11-13-1-3-14(23)4-2-13/h1-10,12,25H,11H2,(H,26,27,28). The number of hydrogen-bond acceptors (Lipinski definition) is 4. The molecular formula is C21H15ClF2N4. The molecule has 4 rings (SSSR count). The molecule has 0 aliphatic carbocycles. The minimum absolute atomic E-state index is 0.0324. The monoisotopic (exact) mass is 396 g/mol. The van der Waals surface area contributed by atoms with Crippen LogP contribution >= 0.6 is 11.6 Å². The molecule has 140 valence electrons. The van der Waals surface area contributed by atoms with Gasteiger partial charge in [0.25, 0.3) is 0 Å². The molecule has 28 heavy (non-hydrogen) atoms. The van der Waals surface area contributed by atoms with E-state index in [1.54, 1.807) is 18.2 Å². The van der Waals surface area contributed by atoms with Crippen molar-refractivity contribution in [3.05, 3.63) is 89.2 Å². The Hall–Kier alpha value is -3.25. The zero-order chi connectivity index (χ0) is 19.5. The highest BCUT2D eigenvalue weighted by atomic mass is 35.5. The fourth-order valence-corrected chi connectivity index (χ4v) is 2.96. The summed E-state index contributed by atoms with van der Waals surface area (Å²) in [6.07, 6.45) is 1.46. The first kappa shape index (κ1) is 18.1. The third kappa shape index (κ3) is 4.02. The maximum Gasteiger partial charge on any atom is 0.141 e. The maximum atomic E-state index is 13.4. The van der Waals surface area contributed by atoms with Crippen molar-refractivity contribution in [1.29, 1.82) is 0 Å². The van der Waals surface area contributed by atoms with Crippen LogP contribution in [0, 0.1) is 11.6 Å². The minimum Gasteiger partial charge on any atom is -0.381 e. The number of halogens is 3. The fourth-order valence-electron chi connectivity index (χ4n) is 2.78. The van der Waals surface area contributed by atoms with Gasteiger partial charge < -0.3 is 10.6 Å². The number of benzene rings is 3. The molecule has 0 amide bonds. The first-order valence-electron chi connectivity index (χ1n) is 8.54. The summed E-state index contributed by atoms with van der Waals surface area (Å²) in [5.74, 6) is -0.159. The average molecular weight is 397 g/mol. The van der Waals surface area contributed by atoms with E-state index in [1.165, 1.54) is 30.6 Å². The predicted octanol–water partition coefficient (Wildman–Crippen LogP) is 5.92. The second kappa shape index (κ2) is 7.78. The van der Waals surface area contributed by atoms with E-state index >= 15 is 0 Å². The van der Waals surface area contributed by atoms with Gasteiger partial charge in [0, 0.05) is 23.3 Å². The average Bonchev–Trinajstić information content (AvgIpc) is 2.71. The quantitative estimate of drug-likeness (QED) is 0.440. The van der Waals surface area contributed by atoms with Gasteiger partial charge in [-0.3, -0.25) is 0 Å². The molecule has 0 aliphatic rings. The molecule has 0 saturated carbocycles. The summed E-state index contributed by atoms with van der Waals surface area (Å²) in [5.41, 5.74) is 3.21. The second-order valence-corrected chi connectivity index (χ2v) is 6.60. The van der Waals surface area contributed by atoms with Crippen LogP contribution in [0.4, 0.5) is 26.0 Å². The van der Waals surface area contributed by atoms with Gasteiger partial charge in [0.05, 0.1) is 10.5 Å². The van der Waals surface area contributed by atoms with Crippen LogP contribution in [0.3, 0.4) is 0 Å². The van der Waals surface area contributed by atoms with Crippen molar-refractivity contribution in [2.45, 2.75) is 6.54 Å². The SMILES string of the molecule is Fc1ccc(CNc2ccc3ncnc(Nc4ccc(F)c(Cl)c4)c3c2)cc1. The zero-order valence-electron chi connectivity index (χ0n) is 14.6. The molecule has 4 aromatic rings. The molecule has 0 fully saturated rings. The van der Waals surface area contributed by atoms with Gasteiger partial charge in [0.2, 0.25) is 0 Å². The fraction of sp³-hybridized carbons (Fsp3) is 0.0476. The number of nitrogens with one attached hydrogen (secondary N) is 2. The van der Waals surface area contributed by atoms with Crippen molar-refractivity contribution >= 4 is 39.7 Å². The highest BCUT2D eigenvalue weighted by Gasteiger charge is 2.07. The van der Waals surface area contributed by atoms with Crippen molar-refractivity contribution < 1.29 is 8.78 Å². The van der Waals surface area contributed by atoms with Crippen LogP contribution in [0.1, 0.15) is 5.56 Å². The number of rotatable bonds is 5. The van der Waals surface area contributed by atoms with Crippen LogP contribution in [-0.2, 0) is 6.54 Å². The summed E-state index contributed by atoms with van der Waals surface area (Å²) in [5, 5.41) is 7.28. The largest absolute Gasteiger partial charge is 0.381 e. The molecule has 2 N–H and O–H groups in total. The summed E-state index contributed by atoms with van der Waals surface area (Å²) < 4.78 is 26.4. The van der Waals surface area contributed by atoms with E-state index in [9.17, 15) is 8.78 Å². The van der Waals surface area contributed by atoms with E-state index in [4.69, 9.17) is 11.6 Å². The molecule has 0 bridgehead atoms. The van der Waals surface area contributed by atoms with E-state index in [1.807, 2.05) is 18.2 Å². The highest BCUT2D eigenvalue weighted by Crippen LogP contribution is 2.27. The van der Waals surface area contributed by atoms with Crippen LogP contribution in [-0.4, -0.2) is 9.97 Å². The summed E-state index contributed by atoms with van der Waals surface area (Å²) in [6.45, 7) is 0.551. The van der Waals surface area contributed by atoms with E-state index in [2.05, 4.69) is 20.6 Å². The van der Waals surface area contributed by atoms with Gasteiger partial charge in [0.1, 0.15) is 23.8 Å². The molecule has 0 saturated heterocycles. The smallest absolute Gasteiger partial charge is 0.141 e. The van der Waals surface area contributed by atoms with Gasteiger partial charge in [-0.05, 0) is 54.1 Å². The Balaban J connectivity index is 1.59. The van der Waals surface area contributed by atoms with Crippen LogP contribution in [0.25, 0.3) is 10.9 Å². The van der Waals surface area contributed by atoms with Gasteiger partial charge in [-0.15, -0.1) is 0 Å². The Morgan fingerprint density at radius 3 is 2.43 bits per heavy atom. The molecule has 0 aliphatic heterocycles. The maximum absolute atomic E-state index is 13.4. The molecule has 1 aromatic heterocycles. The van der Waals surface area contributed by atoms with Gasteiger partial charge in [-0.1, -0.05) is 23.7 Å². The highest BCUT2D eigenvalue weighted by molar-refractivity contribution is 6.31. The third-order valence-corrected chi connectivity index (χ3v) is 4.52. The predicted molar refractivity (Wildman–Crippen MR) is 108 cm³/mol. The van der Waals surface area contributed by atoms with E-state index in [-0.39, 0.29) is 10.8 Å². The molecule has 7 heteroatoms. The summed E-state index contributed by atoms with van der Waals surface area (Å²) in [6, 6.07) is 16.4. The van der Waals surface area contributed by atoms with Gasteiger partial charge in [-0.2, -0.15) is 0 Å². The van der Waals surface area contributed by atoms with Crippen molar-refractivity contribution in [3.8, 4) is 0 Å². The molecular weight excluding hydrogens is 382 g/mol. The molecule has 4 nitrogen and oxygen atoms in total. The molecule has 0 spiro atoms. The lowest BCUT2D eigenvalue weighted by molar-refractivity contribution is 0.627. The number of aromatic nitrogens is 2. The first-order valence-corrected chi connectivity index (χ1v) is 8.91. The molecule has 3 aromatic carbocycles. The van der Waals surface area contributed by atoms with Crippen LogP contribution in [0.2, 0.25) is 5.02 Å².